The molecule has 0 saturated heterocycles. The van der Waals surface area contributed by atoms with E-state index in [0.717, 1.165) is 21.4 Å². The fourth-order valence-corrected chi connectivity index (χ4v) is 2.09. The van der Waals surface area contributed by atoms with E-state index in [4.69, 9.17) is 11.5 Å². The zero-order chi connectivity index (χ0) is 12.3. The third kappa shape index (κ3) is 2.88. The van der Waals surface area contributed by atoms with Crippen LogP contribution < -0.4 is 16.4 Å². The van der Waals surface area contributed by atoms with Gasteiger partial charge >= 0.3 is 0 Å². The van der Waals surface area contributed by atoms with Crippen molar-refractivity contribution >= 4 is 33.2 Å². The van der Waals surface area contributed by atoms with Gasteiger partial charge in [-0.2, -0.15) is 0 Å². The summed E-state index contributed by atoms with van der Waals surface area (Å²) < 4.78 is 0.874. The normalized spacial score (nSPS) is 10.2. The van der Waals surface area contributed by atoms with Gasteiger partial charge in [-0.1, -0.05) is 0 Å². The van der Waals surface area contributed by atoms with E-state index in [1.165, 1.54) is 0 Å². The monoisotopic (exact) mass is 285 g/mol. The molecule has 16 heavy (non-hydrogen) atoms. The second-order valence-electron chi connectivity index (χ2n) is 3.64. The molecule has 0 aliphatic carbocycles. The number of primary amides is 1. The molecule has 5 heteroatoms. The third-order valence-electron chi connectivity index (χ3n) is 2.40. The number of hydrogen-bond donors (Lipinski definition) is 2. The Labute approximate surface area is 104 Å². The van der Waals surface area contributed by atoms with Crippen LogP contribution >= 0.6 is 15.9 Å². The zero-order valence-electron chi connectivity index (χ0n) is 9.46. The van der Waals surface area contributed by atoms with Gasteiger partial charge in [0.2, 0.25) is 5.91 Å². The Bertz CT molecular complexity index is 406. The molecule has 88 valence electrons. The first-order valence-corrected chi connectivity index (χ1v) is 5.83. The minimum absolute atomic E-state index is 0.207. The summed E-state index contributed by atoms with van der Waals surface area (Å²) in [5.41, 5.74) is 13.6. The predicted octanol–water partition coefficient (Wildman–Crippen LogP) is 1.65. The first kappa shape index (κ1) is 12.8. The molecule has 0 saturated carbocycles. The van der Waals surface area contributed by atoms with Crippen molar-refractivity contribution in [3.8, 4) is 0 Å². The van der Waals surface area contributed by atoms with E-state index in [1.54, 1.807) is 0 Å². The molecule has 0 radical (unpaired) electrons. The number of nitrogens with zero attached hydrogens (tertiary/aromatic N) is 1. The van der Waals surface area contributed by atoms with Crippen LogP contribution in [0.5, 0.6) is 0 Å². The van der Waals surface area contributed by atoms with Crippen molar-refractivity contribution in [2.24, 2.45) is 5.73 Å². The number of hydrogen-bond acceptors (Lipinski definition) is 3. The van der Waals surface area contributed by atoms with Crippen LogP contribution in [0.2, 0.25) is 0 Å². The maximum absolute atomic E-state index is 10.9. The molecule has 4 N–H and O–H groups in total. The first-order chi connectivity index (χ1) is 7.45. The molecule has 0 aliphatic rings. The molecule has 1 aromatic carbocycles. The highest BCUT2D eigenvalue weighted by molar-refractivity contribution is 9.10. The van der Waals surface area contributed by atoms with Crippen molar-refractivity contribution in [2.75, 3.05) is 23.7 Å². The van der Waals surface area contributed by atoms with Gasteiger partial charge in [-0.25, -0.2) is 0 Å². The summed E-state index contributed by atoms with van der Waals surface area (Å²) in [6.07, 6.45) is 0. The van der Waals surface area contributed by atoms with Crippen LogP contribution in [-0.4, -0.2) is 19.0 Å². The van der Waals surface area contributed by atoms with Crippen LogP contribution in [0, 0.1) is 6.92 Å². The molecule has 0 bridgehead atoms. The summed E-state index contributed by atoms with van der Waals surface area (Å²) in [6, 6.07) is 3.79. The standard InChI is InChI=1S/C11H16BrN3O/c1-3-15(6-11(14)16)10-4-7(2)9(13)5-8(10)12/h4-5H,3,6,13H2,1-2H3,(H2,14,16). The van der Waals surface area contributed by atoms with Crippen LogP contribution in [0.4, 0.5) is 11.4 Å². The molecule has 4 nitrogen and oxygen atoms in total. The minimum Gasteiger partial charge on any atom is -0.398 e. The second kappa shape index (κ2) is 5.21. The van der Waals surface area contributed by atoms with Crippen molar-refractivity contribution in [1.29, 1.82) is 0 Å². The Balaban J connectivity index is 3.09. The quantitative estimate of drug-likeness (QED) is 0.827. The lowest BCUT2D eigenvalue weighted by Gasteiger charge is -2.23. The topological polar surface area (TPSA) is 72.3 Å². The molecular formula is C11H16BrN3O. The van der Waals surface area contributed by atoms with Crippen LogP contribution in [0.1, 0.15) is 12.5 Å². The molecule has 0 fully saturated rings. The molecule has 0 spiro atoms. The van der Waals surface area contributed by atoms with Gasteiger partial charge in [-0.05, 0) is 47.5 Å². The zero-order valence-corrected chi connectivity index (χ0v) is 11.0. The highest BCUT2D eigenvalue weighted by Gasteiger charge is 2.12. The number of benzene rings is 1. The van der Waals surface area contributed by atoms with E-state index in [9.17, 15) is 4.79 Å². The Morgan fingerprint density at radius 2 is 2.12 bits per heavy atom. The average molecular weight is 286 g/mol. The summed E-state index contributed by atoms with van der Waals surface area (Å²) in [5.74, 6) is -0.344. The maximum Gasteiger partial charge on any atom is 0.236 e. The molecule has 1 amide bonds. The fraction of sp³-hybridized carbons (Fsp3) is 0.364. The number of nitrogen functional groups attached to an aromatic ring is 1. The van der Waals surface area contributed by atoms with Gasteiger partial charge in [0.25, 0.3) is 0 Å². The molecule has 1 rings (SSSR count). The summed E-state index contributed by atoms with van der Waals surface area (Å²) in [7, 11) is 0. The smallest absolute Gasteiger partial charge is 0.236 e. The number of amides is 1. The van der Waals surface area contributed by atoms with Gasteiger partial charge in [-0.3, -0.25) is 4.79 Å². The largest absolute Gasteiger partial charge is 0.398 e. The Kier molecular flexibility index (Phi) is 4.18. The summed E-state index contributed by atoms with van der Waals surface area (Å²) in [6.45, 7) is 4.83. The highest BCUT2D eigenvalue weighted by Crippen LogP contribution is 2.30. The minimum atomic E-state index is -0.344. The fourth-order valence-electron chi connectivity index (χ4n) is 1.48. The second-order valence-corrected chi connectivity index (χ2v) is 4.50. The van der Waals surface area contributed by atoms with Crippen LogP contribution in [0.3, 0.4) is 0 Å². The lowest BCUT2D eigenvalue weighted by Crippen LogP contribution is -2.33. The molecule has 1 aromatic rings. The molecule has 0 atom stereocenters. The van der Waals surface area contributed by atoms with E-state index >= 15 is 0 Å². The van der Waals surface area contributed by atoms with E-state index in [2.05, 4.69) is 15.9 Å². The van der Waals surface area contributed by atoms with Gasteiger partial charge in [0.1, 0.15) is 0 Å². The summed E-state index contributed by atoms with van der Waals surface area (Å²) in [5, 5.41) is 0. The number of carbonyl (C=O) groups is 1. The summed E-state index contributed by atoms with van der Waals surface area (Å²) in [4.78, 5) is 12.8. The maximum atomic E-state index is 10.9. The Hall–Kier alpha value is -1.23. The van der Waals surface area contributed by atoms with E-state index in [0.29, 0.717) is 6.54 Å². The molecule has 0 heterocycles. The van der Waals surface area contributed by atoms with Gasteiger partial charge in [0.15, 0.2) is 0 Å². The van der Waals surface area contributed by atoms with E-state index in [-0.39, 0.29) is 12.5 Å². The van der Waals surface area contributed by atoms with Crippen molar-refractivity contribution in [3.05, 3.63) is 22.2 Å². The molecule has 0 aromatic heterocycles. The number of anilines is 2. The van der Waals surface area contributed by atoms with Gasteiger partial charge in [0.05, 0.1) is 12.2 Å². The average Bonchev–Trinajstić information content (AvgIpc) is 2.20. The number of aryl methyl sites for hydroxylation is 1. The van der Waals surface area contributed by atoms with Crippen molar-refractivity contribution in [3.63, 3.8) is 0 Å². The van der Waals surface area contributed by atoms with Gasteiger partial charge in [-0.15, -0.1) is 0 Å². The number of nitrogens with two attached hydrogens (primary N) is 2. The van der Waals surface area contributed by atoms with Crippen molar-refractivity contribution in [1.82, 2.24) is 0 Å². The van der Waals surface area contributed by atoms with E-state index < -0.39 is 0 Å². The molecule has 0 aliphatic heterocycles. The summed E-state index contributed by atoms with van der Waals surface area (Å²) >= 11 is 3.44. The Morgan fingerprint density at radius 3 is 2.62 bits per heavy atom. The van der Waals surface area contributed by atoms with Crippen molar-refractivity contribution in [2.45, 2.75) is 13.8 Å². The Morgan fingerprint density at radius 1 is 1.50 bits per heavy atom. The van der Waals surface area contributed by atoms with Gasteiger partial charge < -0.3 is 16.4 Å². The van der Waals surface area contributed by atoms with Crippen LogP contribution in [0.15, 0.2) is 16.6 Å². The number of likely N-dealkylation sites (N-methyl/N-ethyl adjacent to an activating group) is 1. The van der Waals surface area contributed by atoms with Crippen LogP contribution in [-0.2, 0) is 4.79 Å². The molecular weight excluding hydrogens is 270 g/mol. The highest BCUT2D eigenvalue weighted by atomic mass is 79.9. The molecule has 0 unspecified atom stereocenters. The number of carbonyl (C=O) groups excluding carboxylic acids is 1. The van der Waals surface area contributed by atoms with Gasteiger partial charge in [0, 0.05) is 16.7 Å². The van der Waals surface area contributed by atoms with Crippen LogP contribution in [0.25, 0.3) is 0 Å². The lowest BCUT2D eigenvalue weighted by molar-refractivity contribution is -0.116. The number of halogens is 1. The SMILES string of the molecule is CCN(CC(N)=O)c1cc(C)c(N)cc1Br. The lowest BCUT2D eigenvalue weighted by atomic mass is 10.1. The number of rotatable bonds is 4. The van der Waals surface area contributed by atoms with E-state index in [1.807, 2.05) is 30.9 Å². The van der Waals surface area contributed by atoms with Crippen molar-refractivity contribution < 1.29 is 4.79 Å². The predicted molar refractivity (Wildman–Crippen MR) is 70.4 cm³/mol. The third-order valence-corrected chi connectivity index (χ3v) is 3.04. The first-order valence-electron chi connectivity index (χ1n) is 5.04.